The van der Waals surface area contributed by atoms with Gasteiger partial charge in [0.05, 0.1) is 0 Å². The summed E-state index contributed by atoms with van der Waals surface area (Å²) < 4.78 is 13.6. The first-order valence-corrected chi connectivity index (χ1v) is 8.52. The normalized spacial score (nSPS) is 15.5. The molecule has 0 N–H and O–H groups in total. The zero-order chi connectivity index (χ0) is 16.9. The van der Waals surface area contributed by atoms with Crippen molar-refractivity contribution in [1.82, 2.24) is 9.80 Å². The van der Waals surface area contributed by atoms with Crippen molar-refractivity contribution in [2.45, 2.75) is 6.42 Å². The maximum atomic E-state index is 13.6. The number of carbonyl (C=O) groups excluding carboxylic acids is 1. The van der Waals surface area contributed by atoms with Gasteiger partial charge in [0.25, 0.3) is 5.91 Å². The first-order valence-electron chi connectivity index (χ1n) is 8.14. The second-order valence-electron chi connectivity index (χ2n) is 5.99. The molecular formula is C19H20ClFN2O. The highest BCUT2D eigenvalue weighted by Crippen LogP contribution is 2.15. The van der Waals surface area contributed by atoms with Gasteiger partial charge in [0.2, 0.25) is 0 Å². The second kappa shape index (κ2) is 7.77. The van der Waals surface area contributed by atoms with Crippen molar-refractivity contribution in [1.29, 1.82) is 0 Å². The van der Waals surface area contributed by atoms with Crippen molar-refractivity contribution < 1.29 is 9.18 Å². The molecule has 1 aliphatic rings. The fraction of sp³-hybridized carbons (Fsp3) is 0.316. The summed E-state index contributed by atoms with van der Waals surface area (Å²) in [6.07, 6.45) is 0.689. The molecular weight excluding hydrogens is 327 g/mol. The molecule has 0 atom stereocenters. The molecule has 126 valence electrons. The largest absolute Gasteiger partial charge is 0.336 e. The van der Waals surface area contributed by atoms with Gasteiger partial charge < -0.3 is 4.90 Å². The maximum absolute atomic E-state index is 13.6. The van der Waals surface area contributed by atoms with E-state index in [1.165, 1.54) is 6.07 Å². The molecule has 2 aromatic rings. The Kier molecular flexibility index (Phi) is 5.48. The van der Waals surface area contributed by atoms with E-state index in [0.717, 1.165) is 25.2 Å². The molecule has 0 aromatic heterocycles. The minimum Gasteiger partial charge on any atom is -0.336 e. The van der Waals surface area contributed by atoms with Crippen LogP contribution in [0.4, 0.5) is 4.39 Å². The van der Waals surface area contributed by atoms with Crippen LogP contribution in [0.1, 0.15) is 15.9 Å². The molecule has 2 aromatic carbocycles. The highest BCUT2D eigenvalue weighted by molar-refractivity contribution is 6.30. The van der Waals surface area contributed by atoms with Crippen molar-refractivity contribution in [3.05, 3.63) is 70.5 Å². The van der Waals surface area contributed by atoms with Crippen molar-refractivity contribution >= 4 is 17.5 Å². The number of benzene rings is 2. The van der Waals surface area contributed by atoms with Crippen LogP contribution < -0.4 is 0 Å². The summed E-state index contributed by atoms with van der Waals surface area (Å²) in [7, 11) is 0. The topological polar surface area (TPSA) is 23.6 Å². The number of hydrogen-bond donors (Lipinski definition) is 0. The zero-order valence-corrected chi connectivity index (χ0v) is 14.2. The van der Waals surface area contributed by atoms with Gasteiger partial charge in [0, 0.05) is 43.3 Å². The Morgan fingerprint density at radius 1 is 1.04 bits per heavy atom. The maximum Gasteiger partial charge on any atom is 0.253 e. The van der Waals surface area contributed by atoms with Crippen molar-refractivity contribution in [3.63, 3.8) is 0 Å². The number of nitrogens with zero attached hydrogens (tertiary/aromatic N) is 2. The molecule has 1 heterocycles. The van der Waals surface area contributed by atoms with Gasteiger partial charge >= 0.3 is 0 Å². The SMILES string of the molecule is O=C(c1cccc(Cl)c1)N1CCN(CCc2ccccc2F)CC1. The van der Waals surface area contributed by atoms with Crippen molar-refractivity contribution in [2.75, 3.05) is 32.7 Å². The Balaban J connectivity index is 1.51. The molecule has 0 spiro atoms. The lowest BCUT2D eigenvalue weighted by Gasteiger charge is -2.34. The number of rotatable bonds is 4. The molecule has 1 saturated heterocycles. The summed E-state index contributed by atoms with van der Waals surface area (Å²) in [5, 5.41) is 0.573. The van der Waals surface area contributed by atoms with E-state index in [9.17, 15) is 9.18 Å². The van der Waals surface area contributed by atoms with Crippen LogP contribution >= 0.6 is 11.6 Å². The van der Waals surface area contributed by atoms with Gasteiger partial charge in [-0.1, -0.05) is 35.9 Å². The highest BCUT2D eigenvalue weighted by Gasteiger charge is 2.22. The van der Waals surface area contributed by atoms with Crippen LogP contribution in [-0.2, 0) is 6.42 Å². The van der Waals surface area contributed by atoms with Crippen LogP contribution in [0, 0.1) is 5.82 Å². The summed E-state index contributed by atoms with van der Waals surface area (Å²) in [5.74, 6) is -0.126. The van der Waals surface area contributed by atoms with Crippen LogP contribution in [0.2, 0.25) is 5.02 Å². The van der Waals surface area contributed by atoms with E-state index in [1.54, 1.807) is 30.3 Å². The van der Waals surface area contributed by atoms with Crippen LogP contribution in [0.25, 0.3) is 0 Å². The van der Waals surface area contributed by atoms with Gasteiger partial charge in [0.1, 0.15) is 5.82 Å². The van der Waals surface area contributed by atoms with Crippen LogP contribution in [0.5, 0.6) is 0 Å². The first-order chi connectivity index (χ1) is 11.6. The van der Waals surface area contributed by atoms with Gasteiger partial charge in [-0.2, -0.15) is 0 Å². The summed E-state index contributed by atoms with van der Waals surface area (Å²) in [4.78, 5) is 16.6. The van der Waals surface area contributed by atoms with E-state index in [2.05, 4.69) is 4.90 Å². The van der Waals surface area contributed by atoms with E-state index in [-0.39, 0.29) is 11.7 Å². The molecule has 0 unspecified atom stereocenters. The Hall–Kier alpha value is -1.91. The molecule has 1 fully saturated rings. The third-order valence-electron chi connectivity index (χ3n) is 4.39. The Labute approximate surface area is 146 Å². The lowest BCUT2D eigenvalue weighted by molar-refractivity contribution is 0.0638. The highest BCUT2D eigenvalue weighted by atomic mass is 35.5. The lowest BCUT2D eigenvalue weighted by atomic mass is 10.1. The smallest absolute Gasteiger partial charge is 0.253 e. The second-order valence-corrected chi connectivity index (χ2v) is 6.42. The predicted molar refractivity (Wildman–Crippen MR) is 93.9 cm³/mol. The summed E-state index contributed by atoms with van der Waals surface area (Å²) in [6, 6.07) is 13.9. The van der Waals surface area contributed by atoms with E-state index in [1.807, 2.05) is 17.0 Å². The van der Waals surface area contributed by atoms with Gasteiger partial charge in [-0.3, -0.25) is 9.69 Å². The van der Waals surface area contributed by atoms with Crippen LogP contribution in [-0.4, -0.2) is 48.4 Å². The molecule has 0 bridgehead atoms. The fourth-order valence-electron chi connectivity index (χ4n) is 2.96. The van der Waals surface area contributed by atoms with Gasteiger partial charge in [-0.25, -0.2) is 4.39 Å². The molecule has 24 heavy (non-hydrogen) atoms. The van der Waals surface area contributed by atoms with Crippen molar-refractivity contribution in [3.8, 4) is 0 Å². The summed E-state index contributed by atoms with van der Waals surface area (Å²) in [6.45, 7) is 3.78. The van der Waals surface area contributed by atoms with Crippen molar-refractivity contribution in [2.24, 2.45) is 0 Å². The average Bonchev–Trinajstić information content (AvgIpc) is 2.61. The molecule has 3 rings (SSSR count). The number of amides is 1. The minimum absolute atomic E-state index is 0.0197. The van der Waals surface area contributed by atoms with Crippen LogP contribution in [0.3, 0.4) is 0 Å². The molecule has 5 heteroatoms. The summed E-state index contributed by atoms with van der Waals surface area (Å²) >= 11 is 5.95. The fourth-order valence-corrected chi connectivity index (χ4v) is 3.15. The molecule has 0 aliphatic carbocycles. The third kappa shape index (κ3) is 4.13. The standard InChI is InChI=1S/C19H20ClFN2O/c20-17-6-3-5-16(14-17)19(24)23-12-10-22(11-13-23)9-8-15-4-1-2-7-18(15)21/h1-7,14H,8-13H2. The number of hydrogen-bond acceptors (Lipinski definition) is 2. The zero-order valence-electron chi connectivity index (χ0n) is 13.4. The monoisotopic (exact) mass is 346 g/mol. The van der Waals surface area contributed by atoms with Gasteiger partial charge in [-0.15, -0.1) is 0 Å². The summed E-state index contributed by atoms with van der Waals surface area (Å²) in [5.41, 5.74) is 1.37. The molecule has 1 aliphatic heterocycles. The number of halogens is 2. The number of piperazine rings is 1. The quantitative estimate of drug-likeness (QED) is 0.846. The molecule has 1 amide bonds. The minimum atomic E-state index is -0.146. The van der Waals surface area contributed by atoms with E-state index in [4.69, 9.17) is 11.6 Å². The van der Waals surface area contributed by atoms with Gasteiger partial charge in [0.15, 0.2) is 0 Å². The van der Waals surface area contributed by atoms with Crippen LogP contribution in [0.15, 0.2) is 48.5 Å². The first kappa shape index (κ1) is 16.9. The van der Waals surface area contributed by atoms with E-state index in [0.29, 0.717) is 30.1 Å². The molecule has 0 saturated carbocycles. The Morgan fingerprint density at radius 3 is 2.50 bits per heavy atom. The van der Waals surface area contributed by atoms with E-state index < -0.39 is 0 Å². The molecule has 0 radical (unpaired) electrons. The van der Waals surface area contributed by atoms with Gasteiger partial charge in [-0.05, 0) is 36.2 Å². The predicted octanol–water partition coefficient (Wildman–Crippen LogP) is 3.48. The lowest BCUT2D eigenvalue weighted by Crippen LogP contribution is -2.49. The van der Waals surface area contributed by atoms with E-state index >= 15 is 0 Å². The third-order valence-corrected chi connectivity index (χ3v) is 4.62. The number of carbonyl (C=O) groups is 1. The Bertz CT molecular complexity index is 714. The molecule has 3 nitrogen and oxygen atoms in total. The Morgan fingerprint density at radius 2 is 1.79 bits per heavy atom. The average molecular weight is 347 g/mol.